The van der Waals surface area contributed by atoms with Gasteiger partial charge in [-0.05, 0) is 6.07 Å². The molecule has 6 nitrogen and oxygen atoms in total. The zero-order chi connectivity index (χ0) is 12.5. The Kier molecular flexibility index (Phi) is 2.55. The Bertz CT molecular complexity index is 565. The normalized spacial score (nSPS) is 14.4. The van der Waals surface area contributed by atoms with Crippen LogP contribution < -0.4 is 15.4 Å². The van der Waals surface area contributed by atoms with Crippen LogP contribution in [0, 0.1) is 0 Å². The van der Waals surface area contributed by atoms with Crippen LogP contribution in [0.5, 0.6) is 5.75 Å². The predicted molar refractivity (Wildman–Crippen MR) is 68.5 cm³/mol. The first-order chi connectivity index (χ1) is 8.76. The molecule has 3 rings (SSSR count). The van der Waals surface area contributed by atoms with Gasteiger partial charge in [-0.3, -0.25) is 0 Å². The molecule has 0 radical (unpaired) electrons. The number of hydrogen-bond acceptors (Lipinski definition) is 5. The largest absolute Gasteiger partial charge is 0.497 e. The predicted octanol–water partition coefficient (Wildman–Crippen LogP) is 0.889. The first-order valence-corrected chi connectivity index (χ1v) is 5.82. The molecule has 0 spiro atoms. The summed E-state index contributed by atoms with van der Waals surface area (Å²) in [5.41, 5.74) is 7.64. The molecule has 2 aromatic rings. The van der Waals surface area contributed by atoms with E-state index in [1.165, 1.54) is 0 Å². The highest BCUT2D eigenvalue weighted by atomic mass is 16.5. The Morgan fingerprint density at radius 1 is 1.28 bits per heavy atom. The molecule has 0 amide bonds. The lowest BCUT2D eigenvalue weighted by Crippen LogP contribution is -2.33. The van der Waals surface area contributed by atoms with Gasteiger partial charge in [-0.25, -0.2) is 0 Å². The first kappa shape index (κ1) is 10.9. The van der Waals surface area contributed by atoms with Crippen LogP contribution in [-0.2, 0) is 13.1 Å². The monoisotopic (exact) mass is 245 g/mol. The van der Waals surface area contributed by atoms with E-state index in [4.69, 9.17) is 10.5 Å². The van der Waals surface area contributed by atoms with Crippen LogP contribution in [0.3, 0.4) is 0 Å². The minimum atomic E-state index is 0.705. The molecule has 0 atom stereocenters. The van der Waals surface area contributed by atoms with E-state index < -0.39 is 0 Å². The van der Waals surface area contributed by atoms with E-state index in [1.54, 1.807) is 13.4 Å². The third-order valence-corrected chi connectivity index (χ3v) is 3.15. The van der Waals surface area contributed by atoms with Crippen LogP contribution in [0.4, 0.5) is 11.4 Å². The van der Waals surface area contributed by atoms with Crippen molar-refractivity contribution in [2.75, 3.05) is 24.3 Å². The molecule has 0 bridgehead atoms. The van der Waals surface area contributed by atoms with Gasteiger partial charge in [-0.15, -0.1) is 10.2 Å². The lowest BCUT2D eigenvalue weighted by molar-refractivity contribution is 0.415. The minimum absolute atomic E-state index is 0.705. The summed E-state index contributed by atoms with van der Waals surface area (Å²) in [6, 6.07) is 5.76. The standard InChI is InChI=1S/C12H15N5O/c1-18-11-5-9(13)4-10(6-11)16-2-3-17-8-14-15-12(17)7-16/h4-6,8H,2-3,7,13H2,1H3. The molecule has 2 N–H and O–H groups in total. The van der Waals surface area contributed by atoms with E-state index in [9.17, 15) is 0 Å². The number of methoxy groups -OCH3 is 1. The molecule has 94 valence electrons. The number of nitrogens with zero attached hydrogens (tertiary/aromatic N) is 4. The summed E-state index contributed by atoms with van der Waals surface area (Å²) in [5, 5.41) is 8.03. The Morgan fingerprint density at radius 2 is 2.17 bits per heavy atom. The molecule has 0 saturated carbocycles. The summed E-state index contributed by atoms with van der Waals surface area (Å²) in [7, 11) is 1.64. The molecule has 0 aliphatic carbocycles. The van der Waals surface area contributed by atoms with E-state index in [0.29, 0.717) is 5.69 Å². The Labute approximate surface area is 105 Å². The van der Waals surface area contributed by atoms with Gasteiger partial charge < -0.3 is 19.9 Å². The number of fused-ring (bicyclic) bond motifs is 1. The maximum absolute atomic E-state index is 5.88. The van der Waals surface area contributed by atoms with Crippen molar-refractivity contribution in [3.8, 4) is 5.75 Å². The summed E-state index contributed by atoms with van der Waals surface area (Å²) in [5.74, 6) is 1.75. The van der Waals surface area contributed by atoms with E-state index in [0.717, 1.165) is 36.9 Å². The lowest BCUT2D eigenvalue weighted by atomic mass is 10.2. The first-order valence-electron chi connectivity index (χ1n) is 5.82. The highest BCUT2D eigenvalue weighted by Crippen LogP contribution is 2.27. The van der Waals surface area contributed by atoms with Gasteiger partial charge in [-0.1, -0.05) is 0 Å². The second-order valence-corrected chi connectivity index (χ2v) is 4.33. The minimum Gasteiger partial charge on any atom is -0.497 e. The van der Waals surface area contributed by atoms with Gasteiger partial charge in [0.1, 0.15) is 12.1 Å². The van der Waals surface area contributed by atoms with Crippen molar-refractivity contribution in [2.45, 2.75) is 13.1 Å². The van der Waals surface area contributed by atoms with Crippen LogP contribution in [-0.4, -0.2) is 28.4 Å². The summed E-state index contributed by atoms with van der Waals surface area (Å²) in [4.78, 5) is 2.23. The van der Waals surface area contributed by atoms with Gasteiger partial charge in [0.05, 0.1) is 13.7 Å². The molecule has 1 aromatic carbocycles. The van der Waals surface area contributed by atoms with Crippen molar-refractivity contribution in [3.05, 3.63) is 30.4 Å². The van der Waals surface area contributed by atoms with E-state index in [-0.39, 0.29) is 0 Å². The van der Waals surface area contributed by atoms with Crippen molar-refractivity contribution in [1.82, 2.24) is 14.8 Å². The molecule has 0 saturated heterocycles. The fourth-order valence-corrected chi connectivity index (χ4v) is 2.19. The lowest BCUT2D eigenvalue weighted by Gasteiger charge is -2.29. The quantitative estimate of drug-likeness (QED) is 0.796. The second kappa shape index (κ2) is 4.21. The van der Waals surface area contributed by atoms with Gasteiger partial charge in [0.25, 0.3) is 0 Å². The third kappa shape index (κ3) is 1.85. The number of benzene rings is 1. The Balaban J connectivity index is 1.90. The van der Waals surface area contributed by atoms with Crippen LogP contribution >= 0.6 is 0 Å². The van der Waals surface area contributed by atoms with Gasteiger partial charge in [-0.2, -0.15) is 0 Å². The summed E-state index contributed by atoms with van der Waals surface area (Å²) >= 11 is 0. The van der Waals surface area contributed by atoms with Crippen molar-refractivity contribution < 1.29 is 4.74 Å². The van der Waals surface area contributed by atoms with Crippen molar-refractivity contribution >= 4 is 11.4 Å². The molecule has 2 heterocycles. The van der Waals surface area contributed by atoms with Crippen LogP contribution in [0.2, 0.25) is 0 Å². The number of rotatable bonds is 2. The fraction of sp³-hybridized carbons (Fsp3) is 0.333. The number of ether oxygens (including phenoxy) is 1. The molecular weight excluding hydrogens is 230 g/mol. The summed E-state index contributed by atoms with van der Waals surface area (Å²) in [6.45, 7) is 2.55. The van der Waals surface area contributed by atoms with E-state index in [1.807, 2.05) is 18.2 Å². The molecule has 1 aromatic heterocycles. The molecular formula is C12H15N5O. The highest BCUT2D eigenvalue weighted by molar-refractivity contribution is 5.60. The van der Waals surface area contributed by atoms with E-state index in [2.05, 4.69) is 19.7 Å². The number of nitrogens with two attached hydrogens (primary N) is 1. The van der Waals surface area contributed by atoms with Crippen LogP contribution in [0.1, 0.15) is 5.82 Å². The average Bonchev–Trinajstić information content (AvgIpc) is 2.85. The molecule has 0 fully saturated rings. The van der Waals surface area contributed by atoms with Crippen molar-refractivity contribution in [2.24, 2.45) is 0 Å². The number of anilines is 2. The van der Waals surface area contributed by atoms with Gasteiger partial charge in [0.2, 0.25) is 0 Å². The SMILES string of the molecule is COc1cc(N)cc(N2CCn3cnnc3C2)c1. The Morgan fingerprint density at radius 3 is 3.00 bits per heavy atom. The maximum Gasteiger partial charge on any atom is 0.152 e. The third-order valence-electron chi connectivity index (χ3n) is 3.15. The average molecular weight is 245 g/mol. The molecule has 6 heteroatoms. The molecule has 1 aliphatic heterocycles. The second-order valence-electron chi connectivity index (χ2n) is 4.33. The molecule has 0 unspecified atom stereocenters. The number of aromatic nitrogens is 3. The zero-order valence-corrected chi connectivity index (χ0v) is 10.2. The molecule has 1 aliphatic rings. The van der Waals surface area contributed by atoms with Gasteiger partial charge >= 0.3 is 0 Å². The topological polar surface area (TPSA) is 69.2 Å². The van der Waals surface area contributed by atoms with E-state index >= 15 is 0 Å². The van der Waals surface area contributed by atoms with Gasteiger partial charge in [0, 0.05) is 36.6 Å². The Hall–Kier alpha value is -2.24. The number of nitrogen functional groups attached to an aromatic ring is 1. The van der Waals surface area contributed by atoms with Crippen LogP contribution in [0.25, 0.3) is 0 Å². The van der Waals surface area contributed by atoms with Crippen LogP contribution in [0.15, 0.2) is 24.5 Å². The zero-order valence-electron chi connectivity index (χ0n) is 10.2. The smallest absolute Gasteiger partial charge is 0.152 e. The molecule has 18 heavy (non-hydrogen) atoms. The summed E-state index contributed by atoms with van der Waals surface area (Å²) < 4.78 is 7.31. The fourth-order valence-electron chi connectivity index (χ4n) is 2.19. The van der Waals surface area contributed by atoms with Crippen molar-refractivity contribution in [1.29, 1.82) is 0 Å². The summed E-state index contributed by atoms with van der Waals surface area (Å²) in [6.07, 6.45) is 1.77. The van der Waals surface area contributed by atoms with Gasteiger partial charge in [0.15, 0.2) is 5.82 Å². The highest BCUT2D eigenvalue weighted by Gasteiger charge is 2.18. The van der Waals surface area contributed by atoms with Crippen molar-refractivity contribution in [3.63, 3.8) is 0 Å². The number of hydrogen-bond donors (Lipinski definition) is 1. The maximum atomic E-state index is 5.88.